The molecule has 1 saturated heterocycles. The van der Waals surface area contributed by atoms with E-state index in [1.54, 1.807) is 0 Å². The maximum Gasteiger partial charge on any atom is 0.187 e. The molecule has 0 atom stereocenters. The van der Waals surface area contributed by atoms with E-state index in [1.165, 1.54) is 0 Å². The van der Waals surface area contributed by atoms with Crippen LogP contribution in [0.2, 0.25) is 0 Å². The molecule has 3 nitrogen and oxygen atoms in total. The van der Waals surface area contributed by atoms with Gasteiger partial charge < -0.3 is 4.74 Å². The van der Waals surface area contributed by atoms with E-state index in [9.17, 15) is 4.79 Å². The Bertz CT molecular complexity index is 169. The van der Waals surface area contributed by atoms with Gasteiger partial charge in [0, 0.05) is 25.2 Å². The van der Waals surface area contributed by atoms with E-state index in [2.05, 4.69) is 30.2 Å². The van der Waals surface area contributed by atoms with Crippen LogP contribution in [0.25, 0.3) is 0 Å². The third kappa shape index (κ3) is 2.65. The van der Waals surface area contributed by atoms with Crippen molar-refractivity contribution in [2.24, 2.45) is 0 Å². The standard InChI is InChI=1S/C7H13NO2S2/c9-6(11)5-7(8-12)1-3-10-4-2-7/h8,12H,1-5H2,(H,9,11). The van der Waals surface area contributed by atoms with E-state index >= 15 is 0 Å². The molecule has 0 spiro atoms. The zero-order valence-electron chi connectivity index (χ0n) is 6.75. The average molecular weight is 207 g/mol. The van der Waals surface area contributed by atoms with E-state index in [0.29, 0.717) is 19.6 Å². The lowest BCUT2D eigenvalue weighted by molar-refractivity contribution is -0.112. The van der Waals surface area contributed by atoms with Gasteiger partial charge in [-0.15, -0.1) is 12.6 Å². The number of ether oxygens (including phenoxy) is 1. The van der Waals surface area contributed by atoms with Crippen LogP contribution < -0.4 is 4.72 Å². The van der Waals surface area contributed by atoms with Crippen LogP contribution in [-0.2, 0) is 9.53 Å². The first kappa shape index (κ1) is 10.4. The normalized spacial score (nSPS) is 22.2. The summed E-state index contributed by atoms with van der Waals surface area (Å²) in [5.41, 5.74) is -0.194. The van der Waals surface area contributed by atoms with Crippen LogP contribution in [0.3, 0.4) is 0 Å². The molecule has 0 aromatic heterocycles. The van der Waals surface area contributed by atoms with Crippen LogP contribution in [0.5, 0.6) is 0 Å². The van der Waals surface area contributed by atoms with E-state index in [-0.39, 0.29) is 10.7 Å². The Morgan fingerprint density at radius 1 is 1.50 bits per heavy atom. The van der Waals surface area contributed by atoms with Gasteiger partial charge in [-0.2, -0.15) is 0 Å². The van der Waals surface area contributed by atoms with Gasteiger partial charge in [-0.25, -0.2) is 0 Å². The maximum atomic E-state index is 10.8. The molecular weight excluding hydrogens is 194 g/mol. The van der Waals surface area contributed by atoms with Crippen molar-refractivity contribution in [3.05, 3.63) is 0 Å². The van der Waals surface area contributed by atoms with Gasteiger partial charge in [-0.1, -0.05) is 12.8 Å². The number of rotatable bonds is 3. The molecule has 1 aliphatic rings. The molecule has 1 aliphatic heterocycles. The molecule has 0 aromatic rings. The van der Waals surface area contributed by atoms with Gasteiger partial charge in [0.15, 0.2) is 5.12 Å². The molecule has 0 saturated carbocycles. The lowest BCUT2D eigenvalue weighted by Gasteiger charge is -2.35. The van der Waals surface area contributed by atoms with Crippen LogP contribution in [0.1, 0.15) is 19.3 Å². The van der Waals surface area contributed by atoms with E-state index in [0.717, 1.165) is 12.8 Å². The fourth-order valence-electron chi connectivity index (χ4n) is 1.38. The van der Waals surface area contributed by atoms with Crippen molar-refractivity contribution in [2.75, 3.05) is 13.2 Å². The zero-order chi connectivity index (χ0) is 9.03. The summed E-state index contributed by atoms with van der Waals surface area (Å²) in [6.45, 7) is 1.38. The van der Waals surface area contributed by atoms with Crippen molar-refractivity contribution in [1.29, 1.82) is 0 Å². The Morgan fingerprint density at radius 3 is 2.50 bits per heavy atom. The van der Waals surface area contributed by atoms with Crippen LogP contribution in [0, 0.1) is 0 Å². The summed E-state index contributed by atoms with van der Waals surface area (Å²) < 4.78 is 8.09. The van der Waals surface area contributed by atoms with Crippen molar-refractivity contribution >= 4 is 30.6 Å². The first-order valence-corrected chi connectivity index (χ1v) is 4.79. The number of hydrogen-bond donors (Lipinski definition) is 3. The molecule has 0 bridgehead atoms. The minimum Gasteiger partial charge on any atom is -0.381 e. The highest BCUT2D eigenvalue weighted by atomic mass is 32.1. The van der Waals surface area contributed by atoms with Crippen molar-refractivity contribution in [2.45, 2.75) is 24.8 Å². The third-order valence-corrected chi connectivity index (χ3v) is 2.81. The fourth-order valence-corrected chi connectivity index (χ4v) is 1.99. The van der Waals surface area contributed by atoms with Crippen molar-refractivity contribution in [1.82, 2.24) is 4.72 Å². The van der Waals surface area contributed by atoms with Gasteiger partial charge in [-0.3, -0.25) is 9.52 Å². The van der Waals surface area contributed by atoms with Gasteiger partial charge in [0.25, 0.3) is 0 Å². The van der Waals surface area contributed by atoms with E-state index in [1.807, 2.05) is 0 Å². The van der Waals surface area contributed by atoms with Gasteiger partial charge >= 0.3 is 0 Å². The molecule has 0 unspecified atom stereocenters. The second-order valence-electron chi connectivity index (χ2n) is 3.08. The number of nitrogens with one attached hydrogen (secondary N) is 1. The Labute approximate surface area is 83.2 Å². The topological polar surface area (TPSA) is 38.3 Å². The summed E-state index contributed by atoms with van der Waals surface area (Å²) in [5.74, 6) is 0. The average Bonchev–Trinajstić information content (AvgIpc) is 2.05. The van der Waals surface area contributed by atoms with Crippen LogP contribution in [-0.4, -0.2) is 23.9 Å². The van der Waals surface area contributed by atoms with E-state index < -0.39 is 0 Å². The largest absolute Gasteiger partial charge is 0.381 e. The lowest BCUT2D eigenvalue weighted by Crippen LogP contribution is -2.46. The van der Waals surface area contributed by atoms with Crippen LogP contribution in [0.15, 0.2) is 0 Å². The molecule has 0 amide bonds. The summed E-state index contributed by atoms with van der Waals surface area (Å²) >= 11 is 7.79. The molecule has 1 rings (SSSR count). The summed E-state index contributed by atoms with van der Waals surface area (Å²) in [6, 6.07) is 0. The summed E-state index contributed by atoms with van der Waals surface area (Å²) in [5, 5.41) is -0.0987. The quantitative estimate of drug-likeness (QED) is 0.600. The molecule has 0 aromatic carbocycles. The molecule has 1 heterocycles. The van der Waals surface area contributed by atoms with Crippen molar-refractivity contribution in [3.63, 3.8) is 0 Å². The maximum absolute atomic E-state index is 10.8. The smallest absolute Gasteiger partial charge is 0.187 e. The second-order valence-corrected chi connectivity index (χ2v) is 3.80. The predicted octanol–water partition coefficient (Wildman–Crippen LogP) is 0.817. The molecule has 1 N–H and O–H groups in total. The molecule has 12 heavy (non-hydrogen) atoms. The number of hydrogen-bond acceptors (Lipinski definition) is 4. The van der Waals surface area contributed by atoms with Crippen LogP contribution in [0.4, 0.5) is 0 Å². The van der Waals surface area contributed by atoms with Gasteiger partial charge in [0.05, 0.1) is 0 Å². The minimum atomic E-state index is -0.194. The monoisotopic (exact) mass is 207 g/mol. The lowest BCUT2D eigenvalue weighted by atomic mass is 9.88. The highest BCUT2D eigenvalue weighted by molar-refractivity contribution is 7.96. The van der Waals surface area contributed by atoms with Gasteiger partial charge in [-0.05, 0) is 12.8 Å². The number of thiol groups is 2. The summed E-state index contributed by atoms with van der Waals surface area (Å²) in [6.07, 6.45) is 2.06. The highest BCUT2D eigenvalue weighted by Gasteiger charge is 2.32. The van der Waals surface area contributed by atoms with Gasteiger partial charge in [0.2, 0.25) is 0 Å². The predicted molar refractivity (Wildman–Crippen MR) is 53.5 cm³/mol. The molecule has 0 aliphatic carbocycles. The van der Waals surface area contributed by atoms with Crippen molar-refractivity contribution < 1.29 is 9.53 Å². The molecule has 0 radical (unpaired) electrons. The minimum absolute atomic E-state index is 0.0987. The zero-order valence-corrected chi connectivity index (χ0v) is 8.54. The van der Waals surface area contributed by atoms with Crippen molar-refractivity contribution in [3.8, 4) is 0 Å². The molecular formula is C7H13NO2S2. The van der Waals surface area contributed by atoms with Crippen LogP contribution >= 0.6 is 25.4 Å². The Kier molecular flexibility index (Phi) is 3.89. The SMILES string of the molecule is O=C(S)CC1(NS)CCOCC1. The fraction of sp³-hybridized carbons (Fsp3) is 0.857. The van der Waals surface area contributed by atoms with Gasteiger partial charge in [0.1, 0.15) is 0 Å². The number of carbonyl (C=O) groups is 1. The first-order valence-electron chi connectivity index (χ1n) is 3.89. The summed E-state index contributed by atoms with van der Waals surface area (Å²) in [7, 11) is 0. The second kappa shape index (κ2) is 4.50. The molecule has 5 heteroatoms. The number of carbonyl (C=O) groups excluding carboxylic acids is 1. The Morgan fingerprint density at radius 2 is 2.08 bits per heavy atom. The van der Waals surface area contributed by atoms with E-state index in [4.69, 9.17) is 4.74 Å². The molecule has 1 fully saturated rings. The Balaban J connectivity index is 2.53. The first-order chi connectivity index (χ1) is 5.68. The summed E-state index contributed by atoms with van der Waals surface area (Å²) in [4.78, 5) is 10.8. The highest BCUT2D eigenvalue weighted by Crippen LogP contribution is 2.25. The molecule has 70 valence electrons. The third-order valence-electron chi connectivity index (χ3n) is 2.18. The Hall–Kier alpha value is 0.290.